The van der Waals surface area contributed by atoms with Crippen molar-refractivity contribution in [2.75, 3.05) is 6.54 Å². The van der Waals surface area contributed by atoms with Crippen LogP contribution in [-0.2, 0) is 0 Å². The van der Waals surface area contributed by atoms with Crippen LogP contribution in [0.25, 0.3) is 0 Å². The predicted molar refractivity (Wildman–Crippen MR) is 82.3 cm³/mol. The summed E-state index contributed by atoms with van der Waals surface area (Å²) in [7, 11) is 0. The van der Waals surface area contributed by atoms with Crippen LogP contribution in [0.15, 0.2) is 41.7 Å². The summed E-state index contributed by atoms with van der Waals surface area (Å²) in [5.74, 6) is 1.15. The zero-order valence-electron chi connectivity index (χ0n) is 11.9. The van der Waals surface area contributed by atoms with Crippen LogP contribution in [0.5, 0.6) is 0 Å². The van der Waals surface area contributed by atoms with E-state index in [1.165, 1.54) is 5.56 Å². The zero-order chi connectivity index (χ0) is 13.9. The monoisotopic (exact) mass is 277 g/mol. The number of quaternary nitrogens is 1. The first-order valence-corrected chi connectivity index (χ1v) is 7.41. The molecule has 0 amide bonds. The third-order valence-corrected chi connectivity index (χ3v) is 4.25. The number of nitrogens with zero attached hydrogens (tertiary/aromatic N) is 2. The molecule has 0 fully saturated rings. The van der Waals surface area contributed by atoms with E-state index in [1.807, 2.05) is 18.3 Å². The van der Waals surface area contributed by atoms with Gasteiger partial charge in [0.25, 0.3) is 0 Å². The molecule has 102 valence electrons. The highest BCUT2D eigenvalue weighted by Gasteiger charge is 2.39. The Morgan fingerprint density at radius 3 is 2.47 bits per heavy atom. The van der Waals surface area contributed by atoms with Crippen LogP contribution in [0.1, 0.15) is 39.2 Å². The predicted octanol–water partition coefficient (Wildman–Crippen LogP) is 4.60. The van der Waals surface area contributed by atoms with Crippen molar-refractivity contribution >= 4 is 17.4 Å². The third-order valence-electron chi connectivity index (χ3n) is 4.00. The summed E-state index contributed by atoms with van der Waals surface area (Å²) in [6.07, 6.45) is 6.46. The van der Waals surface area contributed by atoms with Crippen LogP contribution in [0.2, 0.25) is 5.02 Å². The lowest BCUT2D eigenvalue weighted by Gasteiger charge is -2.37. The van der Waals surface area contributed by atoms with E-state index in [4.69, 9.17) is 11.6 Å². The Morgan fingerprint density at radius 1 is 1.21 bits per heavy atom. The molecule has 1 aromatic rings. The van der Waals surface area contributed by atoms with Gasteiger partial charge < -0.3 is 0 Å². The van der Waals surface area contributed by atoms with Gasteiger partial charge in [-0.2, -0.15) is 4.99 Å². The topological polar surface area (TPSA) is 12.4 Å². The van der Waals surface area contributed by atoms with E-state index < -0.39 is 0 Å². The second-order valence-electron chi connectivity index (χ2n) is 5.17. The van der Waals surface area contributed by atoms with Crippen LogP contribution in [-0.4, -0.2) is 22.9 Å². The summed E-state index contributed by atoms with van der Waals surface area (Å²) in [6.45, 7) is 7.86. The number of rotatable bonds is 5. The Kier molecular flexibility index (Phi) is 4.43. The summed E-state index contributed by atoms with van der Waals surface area (Å²) in [4.78, 5) is 4.64. The molecule has 0 aliphatic carbocycles. The van der Waals surface area contributed by atoms with Gasteiger partial charge in [-0.05, 0) is 44.0 Å². The number of aliphatic imine (C=N–C) groups is 1. The Morgan fingerprint density at radius 2 is 1.89 bits per heavy atom. The SMILES string of the molecule is CCC[N@+]1(C(C)CC)C=CN=C1c1ccc(Cl)cc1. The number of amidine groups is 1. The summed E-state index contributed by atoms with van der Waals surface area (Å²) in [5, 5.41) is 0.771. The fraction of sp³-hybridized carbons (Fsp3) is 0.438. The maximum atomic E-state index is 5.98. The van der Waals surface area contributed by atoms with Gasteiger partial charge in [-0.15, -0.1) is 0 Å². The molecular formula is C16H22ClN2+. The number of hydrogen-bond acceptors (Lipinski definition) is 1. The molecule has 1 unspecified atom stereocenters. The first-order valence-electron chi connectivity index (χ1n) is 7.03. The van der Waals surface area contributed by atoms with Gasteiger partial charge in [-0.25, -0.2) is 4.48 Å². The standard InChI is InChI=1S/C16H22ClN2/c1-4-11-19(13(3)5-2)12-10-18-16(19)14-6-8-15(17)9-7-14/h6-10,12-13H,4-5,11H2,1-3H3/q+1/t13?,19-/m1/s1. The molecule has 0 spiro atoms. The third kappa shape index (κ3) is 2.60. The van der Waals surface area contributed by atoms with Gasteiger partial charge in [0.2, 0.25) is 5.84 Å². The molecule has 0 saturated carbocycles. The Bertz CT molecular complexity index is 490. The van der Waals surface area contributed by atoms with Crippen molar-refractivity contribution in [3.8, 4) is 0 Å². The molecule has 0 aromatic heterocycles. The van der Waals surface area contributed by atoms with Crippen molar-refractivity contribution < 1.29 is 4.48 Å². The van der Waals surface area contributed by atoms with E-state index in [0.717, 1.165) is 34.7 Å². The van der Waals surface area contributed by atoms with Crippen LogP contribution < -0.4 is 0 Å². The zero-order valence-corrected chi connectivity index (χ0v) is 12.7. The molecule has 0 radical (unpaired) electrons. The molecule has 0 saturated heterocycles. The molecule has 1 aliphatic rings. The minimum atomic E-state index is 0.535. The fourth-order valence-corrected chi connectivity index (χ4v) is 2.89. The van der Waals surface area contributed by atoms with Crippen molar-refractivity contribution in [1.29, 1.82) is 0 Å². The second-order valence-corrected chi connectivity index (χ2v) is 5.61. The van der Waals surface area contributed by atoms with Crippen LogP contribution in [0, 0.1) is 0 Å². The Balaban J connectivity index is 2.41. The molecular weight excluding hydrogens is 256 g/mol. The second kappa shape index (κ2) is 5.89. The number of benzene rings is 1. The normalized spacial score (nSPS) is 23.5. The van der Waals surface area contributed by atoms with Crippen molar-refractivity contribution in [3.05, 3.63) is 47.3 Å². The summed E-state index contributed by atoms with van der Waals surface area (Å²) < 4.78 is 0.856. The maximum Gasteiger partial charge on any atom is 0.239 e. The van der Waals surface area contributed by atoms with E-state index >= 15 is 0 Å². The minimum Gasteiger partial charge on any atom is -0.244 e. The molecule has 1 aliphatic heterocycles. The molecule has 3 heteroatoms. The average Bonchev–Trinajstić information content (AvgIpc) is 2.84. The average molecular weight is 278 g/mol. The van der Waals surface area contributed by atoms with Gasteiger partial charge in [0, 0.05) is 5.02 Å². The summed E-state index contributed by atoms with van der Waals surface area (Å²) >= 11 is 5.98. The highest BCUT2D eigenvalue weighted by atomic mass is 35.5. The highest BCUT2D eigenvalue weighted by Crippen LogP contribution is 2.28. The van der Waals surface area contributed by atoms with Crippen molar-refractivity contribution in [1.82, 2.24) is 0 Å². The molecule has 2 rings (SSSR count). The molecule has 2 nitrogen and oxygen atoms in total. The Hall–Kier alpha value is -1.12. The molecule has 0 N–H and O–H groups in total. The largest absolute Gasteiger partial charge is 0.244 e. The number of hydrogen-bond donors (Lipinski definition) is 0. The first kappa shape index (κ1) is 14.3. The van der Waals surface area contributed by atoms with E-state index in [1.54, 1.807) is 0 Å². The van der Waals surface area contributed by atoms with E-state index in [0.29, 0.717) is 6.04 Å². The quantitative estimate of drug-likeness (QED) is 0.698. The minimum absolute atomic E-state index is 0.535. The summed E-state index contributed by atoms with van der Waals surface area (Å²) in [5.41, 5.74) is 1.17. The summed E-state index contributed by atoms with van der Waals surface area (Å²) in [6, 6.07) is 8.55. The van der Waals surface area contributed by atoms with Crippen molar-refractivity contribution in [3.63, 3.8) is 0 Å². The molecule has 1 aromatic carbocycles. The molecule has 1 heterocycles. The van der Waals surface area contributed by atoms with Gasteiger partial charge in [0.05, 0.1) is 24.4 Å². The maximum absolute atomic E-state index is 5.98. The van der Waals surface area contributed by atoms with Gasteiger partial charge in [-0.1, -0.05) is 25.4 Å². The molecule has 19 heavy (non-hydrogen) atoms. The van der Waals surface area contributed by atoms with E-state index in [9.17, 15) is 0 Å². The number of halogens is 1. The molecule has 2 atom stereocenters. The van der Waals surface area contributed by atoms with Gasteiger partial charge in [0.15, 0.2) is 0 Å². The van der Waals surface area contributed by atoms with E-state index in [-0.39, 0.29) is 0 Å². The van der Waals surface area contributed by atoms with Crippen molar-refractivity contribution in [2.24, 2.45) is 4.99 Å². The van der Waals surface area contributed by atoms with Gasteiger partial charge in [-0.3, -0.25) is 0 Å². The lowest BCUT2D eigenvalue weighted by atomic mass is 10.1. The van der Waals surface area contributed by atoms with Gasteiger partial charge >= 0.3 is 0 Å². The van der Waals surface area contributed by atoms with Crippen molar-refractivity contribution in [2.45, 2.75) is 39.7 Å². The fourth-order valence-electron chi connectivity index (χ4n) is 2.77. The van der Waals surface area contributed by atoms with E-state index in [2.05, 4.69) is 44.1 Å². The lowest BCUT2D eigenvalue weighted by Crippen LogP contribution is -2.53. The lowest BCUT2D eigenvalue weighted by molar-refractivity contribution is -0.811. The van der Waals surface area contributed by atoms with Crippen LogP contribution in [0.3, 0.4) is 0 Å². The smallest absolute Gasteiger partial charge is 0.239 e. The highest BCUT2D eigenvalue weighted by molar-refractivity contribution is 6.30. The molecule has 0 bridgehead atoms. The first-order chi connectivity index (χ1) is 9.14. The van der Waals surface area contributed by atoms with Crippen LogP contribution in [0.4, 0.5) is 0 Å². The Labute approximate surface area is 121 Å². The van der Waals surface area contributed by atoms with Crippen LogP contribution >= 0.6 is 11.6 Å². The van der Waals surface area contributed by atoms with Gasteiger partial charge in [0.1, 0.15) is 6.20 Å².